The van der Waals surface area contributed by atoms with Gasteiger partial charge in [0.25, 0.3) is 0 Å². The summed E-state index contributed by atoms with van der Waals surface area (Å²) in [5, 5.41) is 18.7. The molecule has 0 saturated carbocycles. The third-order valence-corrected chi connectivity index (χ3v) is 3.23. The van der Waals surface area contributed by atoms with Gasteiger partial charge in [-0.25, -0.2) is 0 Å². The maximum Gasteiger partial charge on any atom is 0.247 e. The molecule has 1 aromatic heterocycles. The van der Waals surface area contributed by atoms with Crippen molar-refractivity contribution in [3.63, 3.8) is 0 Å². The Balaban J connectivity index is 2.07. The van der Waals surface area contributed by atoms with Crippen LogP contribution in [-0.4, -0.2) is 38.9 Å². The van der Waals surface area contributed by atoms with Crippen molar-refractivity contribution in [1.29, 1.82) is 0 Å². The fraction of sp³-hybridized carbons (Fsp3) is 0.467. The molecule has 0 unspecified atom stereocenters. The molecule has 0 aliphatic heterocycles. The molecule has 5 nitrogen and oxygen atoms in total. The quantitative estimate of drug-likeness (QED) is 0.889. The number of hydrogen-bond donors (Lipinski definition) is 1. The van der Waals surface area contributed by atoms with Gasteiger partial charge in [0.05, 0.1) is 12.1 Å². The molecule has 0 saturated heterocycles. The maximum atomic E-state index is 9.89. The van der Waals surface area contributed by atoms with Crippen LogP contribution in [0.5, 0.6) is 0 Å². The molecule has 0 atom stereocenters. The summed E-state index contributed by atoms with van der Waals surface area (Å²) >= 11 is 5.86. The highest BCUT2D eigenvalue weighted by Gasteiger charge is 2.19. The minimum Gasteiger partial charge on any atom is -0.419 e. The molecule has 1 heterocycles. The highest BCUT2D eigenvalue weighted by molar-refractivity contribution is 6.30. The number of hydrogen-bond acceptors (Lipinski definition) is 5. The van der Waals surface area contributed by atoms with Gasteiger partial charge in [0, 0.05) is 17.1 Å². The fourth-order valence-corrected chi connectivity index (χ4v) is 2.17. The first-order valence-corrected chi connectivity index (χ1v) is 7.28. The van der Waals surface area contributed by atoms with Gasteiger partial charge in [-0.3, -0.25) is 4.90 Å². The van der Waals surface area contributed by atoms with Crippen LogP contribution in [0.4, 0.5) is 0 Å². The Hall–Kier alpha value is -1.43. The molecule has 114 valence electrons. The Labute approximate surface area is 129 Å². The van der Waals surface area contributed by atoms with Gasteiger partial charge in [-0.05, 0) is 44.7 Å². The lowest BCUT2D eigenvalue weighted by Crippen LogP contribution is -2.38. The summed E-state index contributed by atoms with van der Waals surface area (Å²) in [6.07, 6.45) is 0. The summed E-state index contributed by atoms with van der Waals surface area (Å²) < 4.78 is 5.67. The average Bonchev–Trinajstić information content (AvgIpc) is 2.85. The standard InChI is InChI=1S/C15H20ClN3O2/c1-4-19(10-15(2,3)20)9-13-17-18-14(21-13)11-5-7-12(16)8-6-11/h5-8,20H,4,9-10H2,1-3H3. The fourth-order valence-electron chi connectivity index (χ4n) is 2.04. The van der Waals surface area contributed by atoms with Gasteiger partial charge in [0.1, 0.15) is 0 Å². The van der Waals surface area contributed by atoms with E-state index in [-0.39, 0.29) is 0 Å². The normalized spacial score (nSPS) is 12.1. The first kappa shape index (κ1) is 15.9. The second kappa shape index (κ2) is 6.56. The molecule has 2 aromatic rings. The van der Waals surface area contributed by atoms with Crippen LogP contribution in [0.3, 0.4) is 0 Å². The van der Waals surface area contributed by atoms with Crippen LogP contribution >= 0.6 is 11.6 Å². The smallest absolute Gasteiger partial charge is 0.247 e. The molecule has 0 fully saturated rings. The van der Waals surface area contributed by atoms with Gasteiger partial charge in [0.2, 0.25) is 11.8 Å². The van der Waals surface area contributed by atoms with E-state index in [4.69, 9.17) is 16.0 Å². The molecule has 0 aliphatic rings. The molecule has 0 radical (unpaired) electrons. The first-order valence-electron chi connectivity index (χ1n) is 6.90. The van der Waals surface area contributed by atoms with E-state index < -0.39 is 5.60 Å². The lowest BCUT2D eigenvalue weighted by molar-refractivity contribution is 0.0329. The number of nitrogens with zero attached hydrogens (tertiary/aromatic N) is 3. The average molecular weight is 310 g/mol. The molecule has 1 N–H and O–H groups in total. The molecule has 6 heteroatoms. The van der Waals surface area contributed by atoms with Gasteiger partial charge in [-0.2, -0.15) is 0 Å². The second-order valence-electron chi connectivity index (χ2n) is 5.62. The van der Waals surface area contributed by atoms with E-state index in [9.17, 15) is 5.11 Å². The van der Waals surface area contributed by atoms with Crippen molar-refractivity contribution in [2.24, 2.45) is 0 Å². The molecule has 1 aromatic carbocycles. The van der Waals surface area contributed by atoms with Crippen molar-refractivity contribution >= 4 is 11.6 Å². The molecule has 0 spiro atoms. The first-order chi connectivity index (χ1) is 9.87. The van der Waals surface area contributed by atoms with E-state index in [1.807, 2.05) is 19.1 Å². The second-order valence-corrected chi connectivity index (χ2v) is 6.06. The Morgan fingerprint density at radius 2 is 1.90 bits per heavy atom. The highest BCUT2D eigenvalue weighted by atomic mass is 35.5. The lowest BCUT2D eigenvalue weighted by atomic mass is 10.1. The zero-order valence-electron chi connectivity index (χ0n) is 12.5. The summed E-state index contributed by atoms with van der Waals surface area (Å²) in [5.41, 5.74) is 0.0818. The summed E-state index contributed by atoms with van der Waals surface area (Å²) in [7, 11) is 0. The van der Waals surface area contributed by atoms with E-state index in [1.54, 1.807) is 26.0 Å². The monoisotopic (exact) mass is 309 g/mol. The molecule has 0 amide bonds. The molecule has 21 heavy (non-hydrogen) atoms. The van der Waals surface area contributed by atoms with Crippen molar-refractivity contribution in [2.75, 3.05) is 13.1 Å². The van der Waals surface area contributed by atoms with Crippen molar-refractivity contribution in [2.45, 2.75) is 32.9 Å². The van der Waals surface area contributed by atoms with Crippen LogP contribution in [0.1, 0.15) is 26.7 Å². The van der Waals surface area contributed by atoms with Gasteiger partial charge in [0.15, 0.2) is 0 Å². The summed E-state index contributed by atoms with van der Waals surface area (Å²) in [6, 6.07) is 7.25. The van der Waals surface area contributed by atoms with E-state index in [0.29, 0.717) is 29.9 Å². The highest BCUT2D eigenvalue weighted by Crippen LogP contribution is 2.20. The van der Waals surface area contributed by atoms with Crippen molar-refractivity contribution in [3.05, 3.63) is 35.2 Å². The van der Waals surface area contributed by atoms with E-state index >= 15 is 0 Å². The molecule has 0 aliphatic carbocycles. The summed E-state index contributed by atoms with van der Waals surface area (Å²) in [5.74, 6) is 1.01. The largest absolute Gasteiger partial charge is 0.419 e. The topological polar surface area (TPSA) is 62.4 Å². The number of likely N-dealkylation sites (N-methyl/N-ethyl adjacent to an activating group) is 1. The minimum absolute atomic E-state index is 0.473. The lowest BCUT2D eigenvalue weighted by Gasteiger charge is -2.26. The molecular weight excluding hydrogens is 290 g/mol. The van der Waals surface area contributed by atoms with Crippen LogP contribution in [0.25, 0.3) is 11.5 Å². The number of halogens is 1. The molecule has 0 bridgehead atoms. The predicted octanol–water partition coefficient (Wildman–Crippen LogP) is 2.98. The van der Waals surface area contributed by atoms with Crippen molar-refractivity contribution in [3.8, 4) is 11.5 Å². The SMILES string of the molecule is CCN(Cc1nnc(-c2ccc(Cl)cc2)o1)CC(C)(C)O. The number of benzene rings is 1. The van der Waals surface area contributed by atoms with Gasteiger partial charge in [-0.15, -0.1) is 10.2 Å². The van der Waals surface area contributed by atoms with Crippen LogP contribution < -0.4 is 0 Å². The Morgan fingerprint density at radius 3 is 2.48 bits per heavy atom. The van der Waals surface area contributed by atoms with Gasteiger partial charge in [-0.1, -0.05) is 18.5 Å². The third-order valence-electron chi connectivity index (χ3n) is 2.97. The van der Waals surface area contributed by atoms with Gasteiger partial charge < -0.3 is 9.52 Å². The Kier molecular flexibility index (Phi) is 4.98. The zero-order valence-corrected chi connectivity index (χ0v) is 13.3. The summed E-state index contributed by atoms with van der Waals surface area (Å²) in [4.78, 5) is 2.05. The van der Waals surface area contributed by atoms with Gasteiger partial charge >= 0.3 is 0 Å². The van der Waals surface area contributed by atoms with Crippen LogP contribution in [0.2, 0.25) is 5.02 Å². The van der Waals surface area contributed by atoms with Crippen molar-refractivity contribution < 1.29 is 9.52 Å². The Morgan fingerprint density at radius 1 is 1.24 bits per heavy atom. The molecule has 2 rings (SSSR count). The van der Waals surface area contributed by atoms with E-state index in [1.165, 1.54) is 0 Å². The van der Waals surface area contributed by atoms with Crippen LogP contribution in [0.15, 0.2) is 28.7 Å². The van der Waals surface area contributed by atoms with E-state index in [2.05, 4.69) is 15.1 Å². The Bertz CT molecular complexity index is 575. The van der Waals surface area contributed by atoms with Crippen LogP contribution in [0, 0.1) is 0 Å². The zero-order chi connectivity index (χ0) is 15.5. The summed E-state index contributed by atoms with van der Waals surface area (Å²) in [6.45, 7) is 7.44. The minimum atomic E-state index is -0.755. The van der Waals surface area contributed by atoms with Crippen molar-refractivity contribution in [1.82, 2.24) is 15.1 Å². The number of aliphatic hydroxyl groups is 1. The van der Waals surface area contributed by atoms with Crippen LogP contribution in [-0.2, 0) is 6.54 Å². The maximum absolute atomic E-state index is 9.89. The third kappa shape index (κ3) is 4.81. The molecular formula is C15H20ClN3O2. The predicted molar refractivity (Wildman–Crippen MR) is 82.0 cm³/mol. The number of aromatic nitrogens is 2. The van der Waals surface area contributed by atoms with E-state index in [0.717, 1.165) is 12.1 Å². The number of rotatable bonds is 6.